The second-order valence-corrected chi connectivity index (χ2v) is 6.44. The van der Waals surface area contributed by atoms with Crippen LogP contribution in [0.15, 0.2) is 11.8 Å². The summed E-state index contributed by atoms with van der Waals surface area (Å²) in [6.45, 7) is 1.71. The average molecular weight is 280 g/mol. The van der Waals surface area contributed by atoms with Gasteiger partial charge in [-0.25, -0.2) is 0 Å². The zero-order valence-corrected chi connectivity index (χ0v) is 11.4. The highest BCUT2D eigenvalue weighted by atomic mass is 16.3. The zero-order valence-electron chi connectivity index (χ0n) is 11.4. The second-order valence-electron chi connectivity index (χ2n) is 6.44. The monoisotopic (exact) mass is 280 g/mol. The van der Waals surface area contributed by atoms with Gasteiger partial charge in [0.05, 0.1) is 23.9 Å². The van der Waals surface area contributed by atoms with Crippen LogP contribution in [0.4, 0.5) is 0 Å². The van der Waals surface area contributed by atoms with Crippen LogP contribution in [0.1, 0.15) is 26.2 Å². The Morgan fingerprint density at radius 3 is 2.50 bits per heavy atom. The van der Waals surface area contributed by atoms with Crippen LogP contribution in [0, 0.1) is 29.6 Å². The summed E-state index contributed by atoms with van der Waals surface area (Å²) in [6.07, 6.45) is 0.697. The highest BCUT2D eigenvalue weighted by Crippen LogP contribution is 2.47. The number of aliphatic hydroxyl groups is 3. The fraction of sp³-hybridized carbons (Fsp3) is 0.733. The van der Waals surface area contributed by atoms with E-state index in [2.05, 4.69) is 0 Å². The number of hydrogen-bond donors (Lipinski definition) is 3. The molecule has 3 aliphatic rings. The van der Waals surface area contributed by atoms with Crippen molar-refractivity contribution in [3.63, 3.8) is 0 Å². The average Bonchev–Trinajstić information content (AvgIpc) is 2.41. The van der Waals surface area contributed by atoms with Crippen molar-refractivity contribution >= 4 is 11.6 Å². The summed E-state index contributed by atoms with van der Waals surface area (Å²) >= 11 is 0. The quantitative estimate of drug-likeness (QED) is 0.604. The molecule has 0 saturated heterocycles. The Morgan fingerprint density at radius 2 is 1.80 bits per heavy atom. The summed E-state index contributed by atoms with van der Waals surface area (Å²) in [5.74, 6) is -2.57. The Kier molecular flexibility index (Phi) is 3.21. The van der Waals surface area contributed by atoms with E-state index in [-0.39, 0.29) is 30.2 Å². The summed E-state index contributed by atoms with van der Waals surface area (Å²) in [6, 6.07) is 0. The molecular weight excluding hydrogens is 260 g/mol. The van der Waals surface area contributed by atoms with Gasteiger partial charge in [0, 0.05) is 30.1 Å². The van der Waals surface area contributed by atoms with Crippen molar-refractivity contribution in [3.8, 4) is 0 Å². The van der Waals surface area contributed by atoms with Crippen molar-refractivity contribution in [1.82, 2.24) is 0 Å². The van der Waals surface area contributed by atoms with Gasteiger partial charge in [0.1, 0.15) is 11.6 Å². The largest absolute Gasteiger partial charge is 0.513 e. The first-order valence-corrected chi connectivity index (χ1v) is 7.23. The first kappa shape index (κ1) is 13.8. The minimum atomic E-state index is -0.958. The highest BCUT2D eigenvalue weighted by molar-refractivity contribution is 6.00. The van der Waals surface area contributed by atoms with E-state index in [0.29, 0.717) is 6.42 Å². The maximum atomic E-state index is 12.6. The lowest BCUT2D eigenvalue weighted by Crippen LogP contribution is -2.58. The Bertz CT molecular complexity index is 483. The lowest BCUT2D eigenvalue weighted by molar-refractivity contribution is -0.164. The molecule has 5 nitrogen and oxygen atoms in total. The summed E-state index contributed by atoms with van der Waals surface area (Å²) in [7, 11) is 0. The lowest BCUT2D eigenvalue weighted by atomic mass is 9.56. The predicted octanol–water partition coefficient (Wildman–Crippen LogP) is 0.600. The van der Waals surface area contributed by atoms with E-state index in [1.54, 1.807) is 13.0 Å². The molecule has 0 aromatic carbocycles. The van der Waals surface area contributed by atoms with Gasteiger partial charge in [-0.2, -0.15) is 0 Å². The van der Waals surface area contributed by atoms with Gasteiger partial charge in [-0.15, -0.1) is 0 Å². The highest BCUT2D eigenvalue weighted by Gasteiger charge is 2.56. The third-order valence-electron chi connectivity index (χ3n) is 5.39. The van der Waals surface area contributed by atoms with Crippen LogP contribution in [0.25, 0.3) is 0 Å². The number of Topliss-reactive ketones (excluding diaryl/α,β-unsaturated/α-hetero) is 2. The van der Waals surface area contributed by atoms with Gasteiger partial charge in [0.2, 0.25) is 0 Å². The van der Waals surface area contributed by atoms with Crippen LogP contribution in [-0.2, 0) is 9.59 Å². The third-order valence-corrected chi connectivity index (χ3v) is 5.39. The smallest absolute Gasteiger partial charge is 0.143 e. The molecule has 5 heteroatoms. The van der Waals surface area contributed by atoms with E-state index in [9.17, 15) is 24.9 Å². The molecule has 3 rings (SSSR count). The molecule has 7 atom stereocenters. The Labute approximate surface area is 117 Å². The Balaban J connectivity index is 1.96. The molecule has 0 aromatic heterocycles. The normalized spacial score (nSPS) is 48.4. The topological polar surface area (TPSA) is 94.8 Å². The third kappa shape index (κ3) is 1.84. The number of fused-ring (bicyclic) bond motifs is 2. The molecular formula is C15H20O5. The van der Waals surface area contributed by atoms with Crippen LogP contribution < -0.4 is 0 Å². The molecule has 0 bridgehead atoms. The Hall–Kier alpha value is -1.20. The van der Waals surface area contributed by atoms with Crippen LogP contribution in [0.3, 0.4) is 0 Å². The van der Waals surface area contributed by atoms with Crippen molar-refractivity contribution in [2.75, 3.05) is 0 Å². The van der Waals surface area contributed by atoms with Crippen molar-refractivity contribution in [1.29, 1.82) is 0 Å². The van der Waals surface area contributed by atoms with Crippen LogP contribution in [0.2, 0.25) is 0 Å². The van der Waals surface area contributed by atoms with Gasteiger partial charge in [0.15, 0.2) is 0 Å². The van der Waals surface area contributed by atoms with Crippen molar-refractivity contribution in [2.24, 2.45) is 29.6 Å². The van der Waals surface area contributed by atoms with Gasteiger partial charge in [-0.05, 0) is 18.9 Å². The summed E-state index contributed by atoms with van der Waals surface area (Å²) in [4.78, 5) is 25.2. The van der Waals surface area contributed by atoms with Crippen LogP contribution in [-0.4, -0.2) is 39.1 Å². The van der Waals surface area contributed by atoms with E-state index in [0.717, 1.165) is 0 Å². The van der Waals surface area contributed by atoms with E-state index >= 15 is 0 Å². The van der Waals surface area contributed by atoms with Crippen LogP contribution >= 0.6 is 0 Å². The molecule has 0 radical (unpaired) electrons. The molecule has 0 aliphatic heterocycles. The minimum absolute atomic E-state index is 0.0744. The van der Waals surface area contributed by atoms with Gasteiger partial charge >= 0.3 is 0 Å². The molecule has 110 valence electrons. The van der Waals surface area contributed by atoms with Gasteiger partial charge < -0.3 is 15.3 Å². The summed E-state index contributed by atoms with van der Waals surface area (Å²) in [5, 5.41) is 29.8. The molecule has 0 aromatic rings. The zero-order chi connectivity index (χ0) is 14.6. The number of aliphatic hydroxyl groups excluding tert-OH is 3. The molecule has 20 heavy (non-hydrogen) atoms. The fourth-order valence-electron chi connectivity index (χ4n) is 4.09. The number of carbonyl (C=O) groups excluding carboxylic acids is 2. The van der Waals surface area contributed by atoms with Gasteiger partial charge in [-0.1, -0.05) is 6.92 Å². The number of allylic oxidation sites excluding steroid dienone is 2. The lowest BCUT2D eigenvalue weighted by Gasteiger charge is -2.47. The molecule has 3 N–H and O–H groups in total. The standard InChI is InChI=1S/C15H20O5/c1-6-11(17)5-10-12(13(6)18)15(20)8-3-2-7(16)4-9(8)14(10)19/h2,6,8-13,16-18H,3-5H2,1H3. The molecule has 2 fully saturated rings. The van der Waals surface area contributed by atoms with Gasteiger partial charge in [0.25, 0.3) is 0 Å². The summed E-state index contributed by atoms with van der Waals surface area (Å²) in [5.41, 5.74) is 0. The van der Waals surface area contributed by atoms with E-state index in [4.69, 9.17) is 0 Å². The number of rotatable bonds is 0. The SMILES string of the molecule is CC1C(O)CC2C(=O)C3CC(O)=CCC3C(=O)C2C1O. The first-order valence-electron chi connectivity index (χ1n) is 7.23. The molecule has 3 aliphatic carbocycles. The number of carbonyl (C=O) groups is 2. The van der Waals surface area contributed by atoms with Gasteiger partial charge in [-0.3, -0.25) is 9.59 Å². The molecule has 0 amide bonds. The van der Waals surface area contributed by atoms with Crippen molar-refractivity contribution in [3.05, 3.63) is 11.8 Å². The molecule has 0 spiro atoms. The van der Waals surface area contributed by atoms with E-state index in [1.165, 1.54) is 0 Å². The molecule has 0 heterocycles. The van der Waals surface area contributed by atoms with E-state index in [1.807, 2.05) is 0 Å². The van der Waals surface area contributed by atoms with Crippen LogP contribution in [0.5, 0.6) is 0 Å². The summed E-state index contributed by atoms with van der Waals surface area (Å²) < 4.78 is 0. The predicted molar refractivity (Wildman–Crippen MR) is 69.7 cm³/mol. The Morgan fingerprint density at radius 1 is 1.10 bits per heavy atom. The van der Waals surface area contributed by atoms with Crippen molar-refractivity contribution < 1.29 is 24.9 Å². The fourth-order valence-corrected chi connectivity index (χ4v) is 4.09. The molecule has 7 unspecified atom stereocenters. The van der Waals surface area contributed by atoms with E-state index < -0.39 is 41.8 Å². The van der Waals surface area contributed by atoms with Crippen molar-refractivity contribution in [2.45, 2.75) is 38.4 Å². The second kappa shape index (κ2) is 4.67. The molecule has 2 saturated carbocycles. The maximum Gasteiger partial charge on any atom is 0.143 e. The first-order chi connectivity index (χ1) is 9.41. The number of ketones is 2. The number of hydrogen-bond acceptors (Lipinski definition) is 5. The maximum absolute atomic E-state index is 12.6. The minimum Gasteiger partial charge on any atom is -0.513 e.